The number of nitrogens with zero attached hydrogens (tertiary/aromatic N) is 5. The molecule has 4 heterocycles. The Morgan fingerprint density at radius 3 is 3.12 bits per heavy atom. The minimum absolute atomic E-state index is 0.000306. The van der Waals surface area contributed by atoms with E-state index in [1.54, 1.807) is 17.5 Å². The van der Waals surface area contributed by atoms with E-state index in [-0.39, 0.29) is 11.9 Å². The van der Waals surface area contributed by atoms with Crippen molar-refractivity contribution in [2.75, 3.05) is 19.7 Å². The Labute approximate surface area is 144 Å². The fourth-order valence-corrected chi connectivity index (χ4v) is 4.08. The van der Waals surface area contributed by atoms with Crippen molar-refractivity contribution in [2.45, 2.75) is 38.9 Å². The van der Waals surface area contributed by atoms with Crippen molar-refractivity contribution in [2.24, 2.45) is 0 Å². The number of aryl methyl sites for hydroxylation is 1. The van der Waals surface area contributed by atoms with Gasteiger partial charge in [-0.05, 0) is 25.8 Å². The van der Waals surface area contributed by atoms with Crippen molar-refractivity contribution < 1.29 is 9.63 Å². The number of hydrogen-bond donors (Lipinski definition) is 0. The molecule has 0 aliphatic carbocycles. The maximum absolute atomic E-state index is 12.9. The van der Waals surface area contributed by atoms with E-state index in [0.717, 1.165) is 42.3 Å². The van der Waals surface area contributed by atoms with Crippen LogP contribution in [-0.4, -0.2) is 50.3 Å². The van der Waals surface area contributed by atoms with E-state index in [2.05, 4.69) is 20.4 Å². The number of thiazole rings is 1. The fourth-order valence-electron chi connectivity index (χ4n) is 3.27. The Balaban J connectivity index is 1.53. The van der Waals surface area contributed by atoms with E-state index < -0.39 is 0 Å². The van der Waals surface area contributed by atoms with Crippen molar-refractivity contribution in [3.63, 3.8) is 0 Å². The fraction of sp³-hybridized carbons (Fsp3) is 0.562. The summed E-state index contributed by atoms with van der Waals surface area (Å²) in [5.41, 5.74) is 2.11. The van der Waals surface area contributed by atoms with Gasteiger partial charge in [0.25, 0.3) is 5.91 Å². The van der Waals surface area contributed by atoms with Crippen LogP contribution < -0.4 is 0 Å². The molecule has 2 aliphatic rings. The largest absolute Gasteiger partial charge is 0.288 e. The zero-order chi connectivity index (χ0) is 16.5. The Bertz CT molecular complexity index is 722. The first-order valence-electron chi connectivity index (χ1n) is 8.31. The maximum atomic E-state index is 12.9. The molecule has 1 fully saturated rings. The molecule has 0 aromatic carbocycles. The van der Waals surface area contributed by atoms with E-state index in [1.807, 2.05) is 17.7 Å². The predicted octanol–water partition coefficient (Wildman–Crippen LogP) is 1.76. The predicted molar refractivity (Wildman–Crippen MR) is 89.1 cm³/mol. The van der Waals surface area contributed by atoms with Gasteiger partial charge in [-0.1, -0.05) is 0 Å². The third kappa shape index (κ3) is 3.09. The molecule has 2 aromatic rings. The number of rotatable bonds is 3. The van der Waals surface area contributed by atoms with Gasteiger partial charge >= 0.3 is 0 Å². The summed E-state index contributed by atoms with van der Waals surface area (Å²) in [6.45, 7) is 5.46. The molecule has 0 N–H and O–H groups in total. The summed E-state index contributed by atoms with van der Waals surface area (Å²) in [6, 6.07) is 1.65. The van der Waals surface area contributed by atoms with Crippen molar-refractivity contribution in [3.05, 3.63) is 34.0 Å². The molecule has 8 heteroatoms. The molecule has 1 atom stereocenters. The van der Waals surface area contributed by atoms with E-state index >= 15 is 0 Å². The first-order chi connectivity index (χ1) is 11.7. The summed E-state index contributed by atoms with van der Waals surface area (Å²) in [5, 5.41) is 9.05. The van der Waals surface area contributed by atoms with Gasteiger partial charge in [0.05, 0.1) is 18.8 Å². The summed E-state index contributed by atoms with van der Waals surface area (Å²) in [6.07, 6.45) is 3.77. The number of carbonyl (C=O) groups is 1. The van der Waals surface area contributed by atoms with Crippen LogP contribution in [0.3, 0.4) is 0 Å². The molecule has 0 unspecified atom stereocenters. The lowest BCUT2D eigenvalue weighted by molar-refractivity contribution is -0.201. The van der Waals surface area contributed by atoms with Crippen molar-refractivity contribution in [1.82, 2.24) is 24.7 Å². The first kappa shape index (κ1) is 15.7. The molecule has 0 bridgehead atoms. The molecule has 0 saturated carbocycles. The average molecular weight is 347 g/mol. The number of aromatic nitrogens is 3. The number of hydrogen-bond acceptors (Lipinski definition) is 6. The van der Waals surface area contributed by atoms with Gasteiger partial charge in [-0.2, -0.15) is 5.10 Å². The summed E-state index contributed by atoms with van der Waals surface area (Å²) < 4.78 is 1.85. The van der Waals surface area contributed by atoms with Gasteiger partial charge in [0.2, 0.25) is 0 Å². The lowest BCUT2D eigenvalue weighted by Gasteiger charge is -2.36. The highest BCUT2D eigenvalue weighted by molar-refractivity contribution is 7.09. The second-order valence-corrected chi connectivity index (χ2v) is 7.26. The SMILES string of the molecule is Cc1csc(CN2Cc3ccnn3[C@@H](C(=O)N3CCCCO3)C2)n1. The van der Waals surface area contributed by atoms with Crippen LogP contribution in [0.15, 0.2) is 17.6 Å². The highest BCUT2D eigenvalue weighted by Crippen LogP contribution is 2.25. The molecular formula is C16H21N5O2S. The summed E-state index contributed by atoms with van der Waals surface area (Å²) in [7, 11) is 0. The first-order valence-corrected chi connectivity index (χ1v) is 9.19. The van der Waals surface area contributed by atoms with E-state index in [9.17, 15) is 4.79 Å². The Morgan fingerprint density at radius 1 is 1.46 bits per heavy atom. The molecule has 1 amide bonds. The van der Waals surface area contributed by atoms with Gasteiger partial charge in [-0.25, -0.2) is 10.0 Å². The zero-order valence-electron chi connectivity index (χ0n) is 13.7. The molecule has 0 spiro atoms. The second-order valence-electron chi connectivity index (χ2n) is 6.32. The third-order valence-electron chi connectivity index (χ3n) is 4.42. The van der Waals surface area contributed by atoms with Crippen LogP contribution in [-0.2, 0) is 22.7 Å². The highest BCUT2D eigenvalue weighted by Gasteiger charge is 2.35. The Kier molecular flexibility index (Phi) is 4.34. The number of carbonyl (C=O) groups excluding carboxylic acids is 1. The monoisotopic (exact) mass is 347 g/mol. The van der Waals surface area contributed by atoms with Crippen LogP contribution in [0.25, 0.3) is 0 Å². The smallest absolute Gasteiger partial charge is 0.272 e. The highest BCUT2D eigenvalue weighted by atomic mass is 32.1. The number of amides is 1. The van der Waals surface area contributed by atoms with Gasteiger partial charge in [-0.3, -0.25) is 19.2 Å². The molecule has 7 nitrogen and oxygen atoms in total. The van der Waals surface area contributed by atoms with Crippen molar-refractivity contribution in [3.8, 4) is 0 Å². The van der Waals surface area contributed by atoms with Gasteiger partial charge in [0, 0.05) is 36.9 Å². The maximum Gasteiger partial charge on any atom is 0.272 e. The molecule has 4 rings (SSSR count). The molecule has 24 heavy (non-hydrogen) atoms. The van der Waals surface area contributed by atoms with Crippen LogP contribution in [0.2, 0.25) is 0 Å². The summed E-state index contributed by atoms with van der Waals surface area (Å²) >= 11 is 1.67. The lowest BCUT2D eigenvalue weighted by atomic mass is 10.1. The number of fused-ring (bicyclic) bond motifs is 1. The molecule has 2 aromatic heterocycles. The van der Waals surface area contributed by atoms with Crippen LogP contribution in [0, 0.1) is 6.92 Å². The average Bonchev–Trinajstić information content (AvgIpc) is 3.23. The van der Waals surface area contributed by atoms with Gasteiger partial charge < -0.3 is 0 Å². The van der Waals surface area contributed by atoms with Gasteiger partial charge in [0.1, 0.15) is 11.0 Å². The lowest BCUT2D eigenvalue weighted by Crippen LogP contribution is -2.47. The number of hydroxylamine groups is 2. The van der Waals surface area contributed by atoms with E-state index in [1.165, 1.54) is 5.06 Å². The molecule has 1 saturated heterocycles. The van der Waals surface area contributed by atoms with Crippen LogP contribution in [0.4, 0.5) is 0 Å². The zero-order valence-corrected chi connectivity index (χ0v) is 14.5. The Morgan fingerprint density at radius 2 is 2.38 bits per heavy atom. The minimum atomic E-state index is -0.331. The molecule has 0 radical (unpaired) electrons. The topological polar surface area (TPSA) is 63.5 Å². The normalized spacial score (nSPS) is 21.7. The quantitative estimate of drug-likeness (QED) is 0.847. The summed E-state index contributed by atoms with van der Waals surface area (Å²) in [4.78, 5) is 25.3. The standard InChI is InChI=1S/C16H21N5O2S/c1-12-11-24-15(18-12)10-19-8-13-4-5-17-21(13)14(9-19)16(22)20-6-2-3-7-23-20/h4-5,11,14H,2-3,6-10H2,1H3/t14-/m1/s1. The van der Waals surface area contributed by atoms with Crippen LogP contribution in [0.1, 0.15) is 35.3 Å². The third-order valence-corrected chi connectivity index (χ3v) is 5.37. The molecule has 2 aliphatic heterocycles. The van der Waals surface area contributed by atoms with Crippen LogP contribution >= 0.6 is 11.3 Å². The summed E-state index contributed by atoms with van der Waals surface area (Å²) in [5.74, 6) is -0.000306. The second kappa shape index (κ2) is 6.62. The van der Waals surface area contributed by atoms with Gasteiger partial charge in [0.15, 0.2) is 0 Å². The van der Waals surface area contributed by atoms with E-state index in [0.29, 0.717) is 19.7 Å². The van der Waals surface area contributed by atoms with Gasteiger partial charge in [-0.15, -0.1) is 11.3 Å². The van der Waals surface area contributed by atoms with Crippen molar-refractivity contribution >= 4 is 17.2 Å². The molecule has 128 valence electrons. The van der Waals surface area contributed by atoms with Crippen LogP contribution in [0.5, 0.6) is 0 Å². The molecular weight excluding hydrogens is 326 g/mol. The Hall–Kier alpha value is -1.77. The minimum Gasteiger partial charge on any atom is -0.288 e. The van der Waals surface area contributed by atoms with Crippen molar-refractivity contribution in [1.29, 1.82) is 0 Å². The van der Waals surface area contributed by atoms with E-state index in [4.69, 9.17) is 4.84 Å².